The number of hydrogen-bond acceptors (Lipinski definition) is 3. The Bertz CT molecular complexity index is 473. The number of aromatic nitrogens is 2. The Balaban J connectivity index is 2.23. The molecule has 4 heteroatoms. The number of aryl methyl sites for hydroxylation is 2. The average Bonchev–Trinajstić information content (AvgIpc) is 3.04. The Morgan fingerprint density at radius 2 is 2.28 bits per heavy atom. The third kappa shape index (κ3) is 2.82. The second-order valence-corrected chi connectivity index (χ2v) is 5.19. The van der Waals surface area contributed by atoms with Crippen LogP contribution in [0.15, 0.2) is 22.9 Å². The molecule has 0 bridgehead atoms. The molecule has 0 aliphatic rings. The molecule has 2 aromatic heterocycles. The first-order valence-corrected chi connectivity index (χ1v) is 7.47. The molecule has 0 amide bonds. The summed E-state index contributed by atoms with van der Waals surface area (Å²) in [6.07, 6.45) is 2.02. The minimum atomic E-state index is 0.340. The minimum absolute atomic E-state index is 0.340. The molecule has 2 rings (SSSR count). The monoisotopic (exact) mass is 263 g/mol. The first-order valence-electron chi connectivity index (χ1n) is 6.53. The molecule has 1 unspecified atom stereocenters. The van der Waals surface area contributed by atoms with Gasteiger partial charge in [-0.25, -0.2) is 0 Å². The first-order chi connectivity index (χ1) is 8.78. The Hall–Kier alpha value is -1.13. The van der Waals surface area contributed by atoms with E-state index in [2.05, 4.69) is 51.8 Å². The van der Waals surface area contributed by atoms with E-state index >= 15 is 0 Å². The van der Waals surface area contributed by atoms with E-state index in [1.807, 2.05) is 7.05 Å². The highest BCUT2D eigenvalue weighted by molar-refractivity contribution is 7.07. The number of likely N-dealkylation sites (N-methyl/N-ethyl adjacent to an activating group) is 1. The molecule has 0 radical (unpaired) electrons. The van der Waals surface area contributed by atoms with Crippen LogP contribution >= 0.6 is 11.3 Å². The molecule has 0 fully saturated rings. The largest absolute Gasteiger partial charge is 0.311 e. The maximum atomic E-state index is 4.62. The Morgan fingerprint density at radius 3 is 2.83 bits per heavy atom. The van der Waals surface area contributed by atoms with Gasteiger partial charge in [0.25, 0.3) is 0 Å². The summed E-state index contributed by atoms with van der Waals surface area (Å²) in [5.41, 5.74) is 3.86. The predicted molar refractivity (Wildman–Crippen MR) is 77.1 cm³/mol. The van der Waals surface area contributed by atoms with Crippen LogP contribution in [-0.2, 0) is 19.4 Å². The summed E-state index contributed by atoms with van der Waals surface area (Å²) in [6, 6.07) is 4.77. The van der Waals surface area contributed by atoms with Crippen molar-refractivity contribution >= 4 is 11.3 Å². The van der Waals surface area contributed by atoms with E-state index in [1.165, 1.54) is 17.0 Å². The summed E-state index contributed by atoms with van der Waals surface area (Å²) in [4.78, 5) is 0. The minimum Gasteiger partial charge on any atom is -0.311 e. The van der Waals surface area contributed by atoms with Gasteiger partial charge in [-0.15, -0.1) is 0 Å². The SMILES string of the molecule is CCc1cc(C(Cc2ccsc2)NC)n(CC)n1. The Labute approximate surface area is 113 Å². The topological polar surface area (TPSA) is 29.9 Å². The van der Waals surface area contributed by atoms with E-state index in [9.17, 15) is 0 Å². The van der Waals surface area contributed by atoms with Gasteiger partial charge in [-0.2, -0.15) is 16.4 Å². The van der Waals surface area contributed by atoms with Crippen LogP contribution in [0, 0.1) is 0 Å². The zero-order valence-electron chi connectivity index (χ0n) is 11.3. The van der Waals surface area contributed by atoms with Crippen molar-refractivity contribution in [1.29, 1.82) is 0 Å². The van der Waals surface area contributed by atoms with Crippen LogP contribution in [-0.4, -0.2) is 16.8 Å². The lowest BCUT2D eigenvalue weighted by Gasteiger charge is -2.16. The highest BCUT2D eigenvalue weighted by Crippen LogP contribution is 2.21. The van der Waals surface area contributed by atoms with Crippen molar-refractivity contribution in [1.82, 2.24) is 15.1 Å². The van der Waals surface area contributed by atoms with Crippen molar-refractivity contribution in [2.75, 3.05) is 7.05 Å². The molecule has 2 aromatic rings. The summed E-state index contributed by atoms with van der Waals surface area (Å²) < 4.78 is 2.12. The van der Waals surface area contributed by atoms with Gasteiger partial charge in [0.05, 0.1) is 17.4 Å². The molecule has 0 aromatic carbocycles. The third-order valence-corrected chi connectivity index (χ3v) is 3.98. The Morgan fingerprint density at radius 1 is 1.44 bits per heavy atom. The van der Waals surface area contributed by atoms with E-state index in [0.717, 1.165) is 19.4 Å². The van der Waals surface area contributed by atoms with Gasteiger partial charge in [0, 0.05) is 6.54 Å². The van der Waals surface area contributed by atoms with Crippen LogP contribution in [0.4, 0.5) is 0 Å². The lowest BCUT2D eigenvalue weighted by atomic mass is 10.1. The molecule has 0 aliphatic carbocycles. The van der Waals surface area contributed by atoms with Crippen molar-refractivity contribution in [2.24, 2.45) is 0 Å². The van der Waals surface area contributed by atoms with Crippen molar-refractivity contribution in [3.05, 3.63) is 39.8 Å². The molecule has 0 saturated heterocycles. The molecule has 3 nitrogen and oxygen atoms in total. The fourth-order valence-corrected chi connectivity index (χ4v) is 2.87. The smallest absolute Gasteiger partial charge is 0.0625 e. The lowest BCUT2D eigenvalue weighted by molar-refractivity contribution is 0.512. The lowest BCUT2D eigenvalue weighted by Crippen LogP contribution is -2.22. The van der Waals surface area contributed by atoms with Gasteiger partial charge < -0.3 is 5.32 Å². The summed E-state index contributed by atoms with van der Waals surface area (Å²) in [7, 11) is 2.02. The van der Waals surface area contributed by atoms with E-state index in [1.54, 1.807) is 11.3 Å². The second-order valence-electron chi connectivity index (χ2n) is 4.41. The maximum Gasteiger partial charge on any atom is 0.0625 e. The van der Waals surface area contributed by atoms with Crippen LogP contribution in [0.25, 0.3) is 0 Å². The standard InChI is InChI=1S/C14H21N3S/c1-4-12-9-14(17(5-2)16-12)13(15-3)8-11-6-7-18-10-11/h6-7,9-10,13,15H,4-5,8H2,1-3H3. The molecule has 18 heavy (non-hydrogen) atoms. The molecule has 0 spiro atoms. The quantitative estimate of drug-likeness (QED) is 0.868. The Kier molecular flexibility index (Phi) is 4.55. The van der Waals surface area contributed by atoms with Gasteiger partial charge >= 0.3 is 0 Å². The number of rotatable bonds is 6. The first kappa shape index (κ1) is 13.3. The molecule has 0 aliphatic heterocycles. The molecular formula is C14H21N3S. The van der Waals surface area contributed by atoms with Crippen molar-refractivity contribution in [3.8, 4) is 0 Å². The summed E-state index contributed by atoms with van der Waals surface area (Å²) in [6.45, 7) is 5.23. The molecule has 2 heterocycles. The summed E-state index contributed by atoms with van der Waals surface area (Å²) in [5, 5.41) is 12.4. The van der Waals surface area contributed by atoms with Gasteiger partial charge in [0.15, 0.2) is 0 Å². The molecular weight excluding hydrogens is 242 g/mol. The van der Waals surface area contributed by atoms with Gasteiger partial charge in [-0.3, -0.25) is 4.68 Å². The van der Waals surface area contributed by atoms with E-state index in [-0.39, 0.29) is 0 Å². The van der Waals surface area contributed by atoms with Crippen molar-refractivity contribution in [2.45, 2.75) is 39.3 Å². The summed E-state index contributed by atoms with van der Waals surface area (Å²) in [5.74, 6) is 0. The predicted octanol–water partition coefficient (Wildman–Crippen LogP) is 3.03. The maximum absolute atomic E-state index is 4.62. The number of nitrogens with zero attached hydrogens (tertiary/aromatic N) is 2. The molecule has 0 saturated carbocycles. The molecule has 98 valence electrons. The normalized spacial score (nSPS) is 12.8. The number of hydrogen-bond donors (Lipinski definition) is 1. The van der Waals surface area contributed by atoms with Gasteiger partial charge in [-0.1, -0.05) is 6.92 Å². The highest BCUT2D eigenvalue weighted by Gasteiger charge is 2.16. The van der Waals surface area contributed by atoms with Crippen LogP contribution in [0.2, 0.25) is 0 Å². The zero-order chi connectivity index (χ0) is 13.0. The van der Waals surface area contributed by atoms with Crippen molar-refractivity contribution in [3.63, 3.8) is 0 Å². The number of thiophene rings is 1. The van der Waals surface area contributed by atoms with Gasteiger partial charge in [0.1, 0.15) is 0 Å². The second kappa shape index (κ2) is 6.16. The van der Waals surface area contributed by atoms with Gasteiger partial charge in [0.2, 0.25) is 0 Å². The molecule has 1 N–H and O–H groups in total. The average molecular weight is 263 g/mol. The third-order valence-electron chi connectivity index (χ3n) is 3.25. The van der Waals surface area contributed by atoms with Crippen LogP contribution in [0.1, 0.15) is 36.8 Å². The van der Waals surface area contributed by atoms with Crippen LogP contribution < -0.4 is 5.32 Å². The van der Waals surface area contributed by atoms with Crippen molar-refractivity contribution < 1.29 is 0 Å². The number of nitrogens with one attached hydrogen (secondary N) is 1. The van der Waals surface area contributed by atoms with E-state index in [4.69, 9.17) is 0 Å². The highest BCUT2D eigenvalue weighted by atomic mass is 32.1. The van der Waals surface area contributed by atoms with Crippen LogP contribution in [0.3, 0.4) is 0 Å². The fraction of sp³-hybridized carbons (Fsp3) is 0.500. The van der Waals surface area contributed by atoms with E-state index in [0.29, 0.717) is 6.04 Å². The zero-order valence-corrected chi connectivity index (χ0v) is 12.1. The van der Waals surface area contributed by atoms with E-state index < -0.39 is 0 Å². The molecule has 1 atom stereocenters. The summed E-state index contributed by atoms with van der Waals surface area (Å²) >= 11 is 1.76. The van der Waals surface area contributed by atoms with Crippen LogP contribution in [0.5, 0.6) is 0 Å². The fourth-order valence-electron chi connectivity index (χ4n) is 2.19. The van der Waals surface area contributed by atoms with Gasteiger partial charge in [-0.05, 0) is 55.3 Å².